The summed E-state index contributed by atoms with van der Waals surface area (Å²) in [4.78, 5) is 0. The number of ether oxygens (including phenoxy) is 2. The smallest absolute Gasteiger partial charge is 0.166 e. The molecule has 154 valence electrons. The Kier molecular flexibility index (Phi) is 4.99. The van der Waals surface area contributed by atoms with E-state index in [4.69, 9.17) is 9.47 Å². The van der Waals surface area contributed by atoms with Crippen LogP contribution >= 0.6 is 0 Å². The summed E-state index contributed by atoms with van der Waals surface area (Å²) in [5.74, 6) is 4.08. The summed E-state index contributed by atoms with van der Waals surface area (Å²) in [6.45, 7) is 1.19. The molecular weight excluding hydrogens is 365 g/mol. The van der Waals surface area contributed by atoms with Crippen molar-refractivity contribution >= 4 is 0 Å². The van der Waals surface area contributed by atoms with Gasteiger partial charge in [0.2, 0.25) is 0 Å². The molecule has 4 aliphatic rings. The summed E-state index contributed by atoms with van der Waals surface area (Å²) >= 11 is 0. The SMILES string of the molecule is COc1cccc(CNC23CC4CC(CC(C4)C2)C3)c1OCc1ccc(F)cc1. The maximum absolute atomic E-state index is 13.2. The van der Waals surface area contributed by atoms with Gasteiger partial charge in [0.25, 0.3) is 0 Å². The normalized spacial score (nSPS) is 29.8. The van der Waals surface area contributed by atoms with Crippen molar-refractivity contribution < 1.29 is 13.9 Å². The molecule has 0 unspecified atom stereocenters. The van der Waals surface area contributed by atoms with Crippen LogP contribution in [0, 0.1) is 23.6 Å². The maximum atomic E-state index is 13.2. The number of rotatable bonds is 7. The zero-order valence-electron chi connectivity index (χ0n) is 17.1. The minimum Gasteiger partial charge on any atom is -0.493 e. The molecule has 2 aromatic rings. The Labute approximate surface area is 172 Å². The van der Waals surface area contributed by atoms with Crippen molar-refractivity contribution in [1.82, 2.24) is 5.32 Å². The molecule has 4 aliphatic carbocycles. The van der Waals surface area contributed by atoms with Crippen LogP contribution in [0.2, 0.25) is 0 Å². The third kappa shape index (κ3) is 3.87. The average Bonchev–Trinajstić information content (AvgIpc) is 2.71. The molecule has 6 rings (SSSR count). The lowest BCUT2D eigenvalue weighted by Gasteiger charge is -2.57. The Morgan fingerprint density at radius 3 is 2.24 bits per heavy atom. The number of hydrogen-bond donors (Lipinski definition) is 1. The van der Waals surface area contributed by atoms with Crippen LogP contribution in [-0.2, 0) is 13.2 Å². The van der Waals surface area contributed by atoms with Gasteiger partial charge in [0.05, 0.1) is 7.11 Å². The molecule has 4 saturated carbocycles. The van der Waals surface area contributed by atoms with Crippen LogP contribution in [0.15, 0.2) is 42.5 Å². The number of methoxy groups -OCH3 is 1. The van der Waals surface area contributed by atoms with Gasteiger partial charge in [-0.2, -0.15) is 0 Å². The summed E-state index contributed by atoms with van der Waals surface area (Å²) < 4.78 is 24.9. The van der Waals surface area contributed by atoms with Gasteiger partial charge >= 0.3 is 0 Å². The topological polar surface area (TPSA) is 30.5 Å². The molecule has 0 heterocycles. The van der Waals surface area contributed by atoms with Crippen LogP contribution < -0.4 is 14.8 Å². The maximum Gasteiger partial charge on any atom is 0.166 e. The third-order valence-electron chi connectivity index (χ3n) is 7.27. The molecule has 3 nitrogen and oxygen atoms in total. The third-order valence-corrected chi connectivity index (χ3v) is 7.27. The Bertz CT molecular complexity index is 828. The van der Waals surface area contributed by atoms with E-state index in [1.54, 1.807) is 19.2 Å². The highest BCUT2D eigenvalue weighted by Gasteiger charge is 2.50. The van der Waals surface area contributed by atoms with Gasteiger partial charge in [-0.25, -0.2) is 4.39 Å². The first-order valence-electron chi connectivity index (χ1n) is 10.9. The van der Waals surface area contributed by atoms with Crippen molar-refractivity contribution in [2.24, 2.45) is 17.8 Å². The summed E-state index contributed by atoms with van der Waals surface area (Å²) in [5.41, 5.74) is 2.38. The fourth-order valence-corrected chi connectivity index (χ4v) is 6.37. The molecule has 29 heavy (non-hydrogen) atoms. The molecule has 0 radical (unpaired) electrons. The number of benzene rings is 2. The molecule has 4 fully saturated rings. The van der Waals surface area contributed by atoms with Crippen molar-refractivity contribution in [1.29, 1.82) is 0 Å². The van der Waals surface area contributed by atoms with Gasteiger partial charge in [0.15, 0.2) is 11.5 Å². The summed E-state index contributed by atoms with van der Waals surface area (Å²) in [5, 5.41) is 3.96. The fraction of sp³-hybridized carbons (Fsp3) is 0.520. The van der Waals surface area contributed by atoms with E-state index in [1.807, 2.05) is 12.1 Å². The van der Waals surface area contributed by atoms with E-state index in [1.165, 1.54) is 50.7 Å². The Morgan fingerprint density at radius 2 is 1.62 bits per heavy atom. The summed E-state index contributed by atoms with van der Waals surface area (Å²) in [7, 11) is 1.68. The molecule has 1 N–H and O–H groups in total. The van der Waals surface area contributed by atoms with Crippen molar-refractivity contribution in [3.05, 3.63) is 59.4 Å². The predicted molar refractivity (Wildman–Crippen MR) is 111 cm³/mol. The minimum absolute atomic E-state index is 0.230. The lowest BCUT2D eigenvalue weighted by atomic mass is 9.53. The summed E-state index contributed by atoms with van der Waals surface area (Å²) in [6.07, 6.45) is 8.34. The van der Waals surface area contributed by atoms with E-state index in [2.05, 4.69) is 11.4 Å². The molecular formula is C25H30FNO2. The molecule has 0 aliphatic heterocycles. The first-order valence-corrected chi connectivity index (χ1v) is 10.9. The second-order valence-corrected chi connectivity index (χ2v) is 9.42. The van der Waals surface area contributed by atoms with Gasteiger partial charge < -0.3 is 14.8 Å². The van der Waals surface area contributed by atoms with E-state index >= 15 is 0 Å². The number of para-hydroxylation sites is 1. The van der Waals surface area contributed by atoms with E-state index in [0.29, 0.717) is 12.1 Å². The molecule has 2 aromatic carbocycles. The standard InChI is InChI=1S/C25H30FNO2/c1-28-23-4-2-3-21(24(23)29-16-17-5-7-22(26)8-6-17)15-27-25-12-18-9-19(13-25)11-20(10-18)14-25/h2-8,18-20,27H,9-16H2,1H3. The zero-order chi connectivity index (χ0) is 19.8. The zero-order valence-corrected chi connectivity index (χ0v) is 17.1. The molecule has 4 bridgehead atoms. The Morgan fingerprint density at radius 1 is 0.966 bits per heavy atom. The second-order valence-electron chi connectivity index (χ2n) is 9.42. The van der Waals surface area contributed by atoms with Crippen LogP contribution in [0.1, 0.15) is 49.7 Å². The minimum atomic E-state index is -0.230. The second kappa shape index (κ2) is 7.64. The molecule has 0 aromatic heterocycles. The molecule has 0 spiro atoms. The van der Waals surface area contributed by atoms with Crippen LogP contribution in [0.4, 0.5) is 4.39 Å². The number of halogens is 1. The van der Waals surface area contributed by atoms with E-state index in [9.17, 15) is 4.39 Å². The first-order chi connectivity index (χ1) is 14.1. The largest absolute Gasteiger partial charge is 0.493 e. The van der Waals surface area contributed by atoms with Gasteiger partial charge in [-0.05, 0) is 80.0 Å². The van der Waals surface area contributed by atoms with Crippen molar-refractivity contribution in [2.45, 2.75) is 57.2 Å². The van der Waals surface area contributed by atoms with Crippen molar-refractivity contribution in [3.8, 4) is 11.5 Å². The van der Waals surface area contributed by atoms with E-state index < -0.39 is 0 Å². The van der Waals surface area contributed by atoms with E-state index in [-0.39, 0.29) is 5.82 Å². The van der Waals surface area contributed by atoms with Gasteiger partial charge in [0.1, 0.15) is 12.4 Å². The fourth-order valence-electron chi connectivity index (χ4n) is 6.37. The lowest BCUT2D eigenvalue weighted by molar-refractivity contribution is -0.0206. The van der Waals surface area contributed by atoms with Crippen molar-refractivity contribution in [3.63, 3.8) is 0 Å². The molecule has 0 atom stereocenters. The van der Waals surface area contributed by atoms with Crippen molar-refractivity contribution in [2.75, 3.05) is 7.11 Å². The Balaban J connectivity index is 1.31. The first kappa shape index (κ1) is 18.9. The van der Waals surface area contributed by atoms with Crippen LogP contribution in [0.3, 0.4) is 0 Å². The summed E-state index contributed by atoms with van der Waals surface area (Å²) in [6, 6.07) is 12.5. The van der Waals surface area contributed by atoms with Crippen LogP contribution in [0.25, 0.3) is 0 Å². The monoisotopic (exact) mass is 395 g/mol. The highest BCUT2D eigenvalue weighted by molar-refractivity contribution is 5.47. The molecule has 0 saturated heterocycles. The lowest BCUT2D eigenvalue weighted by Crippen LogP contribution is -2.58. The highest BCUT2D eigenvalue weighted by atomic mass is 19.1. The van der Waals surface area contributed by atoms with Crippen LogP contribution in [0.5, 0.6) is 11.5 Å². The quantitative estimate of drug-likeness (QED) is 0.674. The van der Waals surface area contributed by atoms with Crippen LogP contribution in [-0.4, -0.2) is 12.6 Å². The van der Waals surface area contributed by atoms with Gasteiger partial charge in [-0.15, -0.1) is 0 Å². The number of nitrogens with one attached hydrogen (secondary N) is 1. The van der Waals surface area contributed by atoms with Gasteiger partial charge in [-0.1, -0.05) is 24.3 Å². The highest BCUT2D eigenvalue weighted by Crippen LogP contribution is 2.55. The van der Waals surface area contributed by atoms with Gasteiger partial charge in [-0.3, -0.25) is 0 Å². The van der Waals surface area contributed by atoms with Gasteiger partial charge in [0, 0.05) is 17.6 Å². The van der Waals surface area contributed by atoms with E-state index in [0.717, 1.165) is 46.9 Å². The Hall–Kier alpha value is -2.07. The average molecular weight is 396 g/mol. The molecule has 0 amide bonds. The predicted octanol–water partition coefficient (Wildman–Crippen LogP) is 5.47. The molecule has 4 heteroatoms. The number of hydrogen-bond acceptors (Lipinski definition) is 3.